The summed E-state index contributed by atoms with van der Waals surface area (Å²) in [5.41, 5.74) is -0.473. The Morgan fingerprint density at radius 1 is 1.32 bits per heavy atom. The topological polar surface area (TPSA) is 60.2 Å². The van der Waals surface area contributed by atoms with Crippen LogP contribution in [-0.2, 0) is 11.0 Å². The molecule has 0 fully saturated rings. The van der Waals surface area contributed by atoms with Crippen molar-refractivity contribution in [3.8, 4) is 0 Å². The molecule has 19 heavy (non-hydrogen) atoms. The van der Waals surface area contributed by atoms with E-state index in [0.29, 0.717) is 11.8 Å². The lowest BCUT2D eigenvalue weighted by atomic mass is 9.87. The number of hydrogen-bond acceptors (Lipinski definition) is 3. The minimum absolute atomic E-state index is 0.351. The van der Waals surface area contributed by atoms with Crippen LogP contribution in [0.4, 0.5) is 13.2 Å². The predicted molar refractivity (Wildman–Crippen MR) is 61.3 cm³/mol. The minimum Gasteiger partial charge on any atom is -0.303 e. The van der Waals surface area contributed by atoms with Crippen molar-refractivity contribution in [1.29, 1.82) is 0 Å². The van der Waals surface area contributed by atoms with Gasteiger partial charge in [0.15, 0.2) is 0 Å². The van der Waals surface area contributed by atoms with E-state index >= 15 is 0 Å². The average molecular weight is 275 g/mol. The highest BCUT2D eigenvalue weighted by Crippen LogP contribution is 2.31. The Bertz CT molecular complexity index is 456. The maximum atomic E-state index is 12.4. The van der Waals surface area contributed by atoms with Crippen molar-refractivity contribution >= 4 is 6.29 Å². The molecule has 0 N–H and O–H groups in total. The predicted octanol–water partition coefficient (Wildman–Crippen LogP) is 2.90. The van der Waals surface area contributed by atoms with Crippen LogP contribution in [0.2, 0.25) is 0 Å². The molecule has 0 aliphatic carbocycles. The monoisotopic (exact) mass is 275 g/mol. The molecular formula is C12H12F3NO3. The number of nitro groups is 1. The van der Waals surface area contributed by atoms with Crippen molar-refractivity contribution in [3.63, 3.8) is 0 Å². The first kappa shape index (κ1) is 15.1. The van der Waals surface area contributed by atoms with Crippen LogP contribution in [-0.4, -0.2) is 17.8 Å². The van der Waals surface area contributed by atoms with Crippen LogP contribution in [0.15, 0.2) is 24.3 Å². The Labute approximate surface area is 107 Å². The number of nitrogens with zero attached hydrogens (tertiary/aromatic N) is 1. The second-order valence-electron chi connectivity index (χ2n) is 4.24. The quantitative estimate of drug-likeness (QED) is 0.471. The third-order valence-corrected chi connectivity index (χ3v) is 2.86. The fourth-order valence-electron chi connectivity index (χ4n) is 1.75. The number of rotatable bonds is 5. The van der Waals surface area contributed by atoms with Crippen molar-refractivity contribution in [2.24, 2.45) is 5.92 Å². The number of hydrogen-bond donors (Lipinski definition) is 0. The van der Waals surface area contributed by atoms with Gasteiger partial charge in [-0.2, -0.15) is 13.2 Å². The molecule has 0 radical (unpaired) electrons. The molecule has 1 aromatic rings. The molecule has 1 aromatic carbocycles. The van der Waals surface area contributed by atoms with Crippen molar-refractivity contribution < 1.29 is 22.9 Å². The van der Waals surface area contributed by atoms with Gasteiger partial charge in [-0.05, 0) is 17.7 Å². The van der Waals surface area contributed by atoms with Gasteiger partial charge in [0, 0.05) is 10.8 Å². The van der Waals surface area contributed by atoms with Crippen molar-refractivity contribution in [2.45, 2.75) is 19.0 Å². The molecule has 0 saturated heterocycles. The Kier molecular flexibility index (Phi) is 4.63. The normalized spacial score (nSPS) is 14.7. The molecule has 0 aliphatic heterocycles. The van der Waals surface area contributed by atoms with Gasteiger partial charge < -0.3 is 4.79 Å². The Hall–Kier alpha value is -1.92. The highest BCUT2D eigenvalue weighted by Gasteiger charge is 2.31. The molecule has 0 bridgehead atoms. The minimum atomic E-state index is -4.45. The zero-order chi connectivity index (χ0) is 14.6. The van der Waals surface area contributed by atoms with E-state index in [1.165, 1.54) is 19.1 Å². The SMILES string of the molecule is C[C@@H](C=O)[C@H](C[N+](=O)[O-])c1ccc(C(F)(F)F)cc1. The fourth-order valence-corrected chi connectivity index (χ4v) is 1.75. The van der Waals surface area contributed by atoms with E-state index in [9.17, 15) is 28.1 Å². The molecule has 2 atom stereocenters. The van der Waals surface area contributed by atoms with Crippen LogP contribution < -0.4 is 0 Å². The lowest BCUT2D eigenvalue weighted by Gasteiger charge is -2.17. The number of halogens is 3. The van der Waals surface area contributed by atoms with Gasteiger partial charge in [0.05, 0.1) is 11.5 Å². The molecule has 0 aliphatic rings. The first-order valence-corrected chi connectivity index (χ1v) is 5.50. The smallest absolute Gasteiger partial charge is 0.303 e. The number of aldehydes is 1. The molecule has 0 amide bonds. The molecule has 0 unspecified atom stereocenters. The molecule has 7 heteroatoms. The van der Waals surface area contributed by atoms with E-state index in [-0.39, 0.29) is 0 Å². The fraction of sp³-hybridized carbons (Fsp3) is 0.417. The zero-order valence-electron chi connectivity index (χ0n) is 10.1. The van der Waals surface area contributed by atoms with Gasteiger partial charge in [-0.25, -0.2) is 0 Å². The second-order valence-corrected chi connectivity index (χ2v) is 4.24. The van der Waals surface area contributed by atoms with Crippen molar-refractivity contribution in [1.82, 2.24) is 0 Å². The van der Waals surface area contributed by atoms with E-state index in [1.807, 2.05) is 0 Å². The van der Waals surface area contributed by atoms with Gasteiger partial charge >= 0.3 is 6.18 Å². The first-order chi connectivity index (χ1) is 8.75. The number of benzene rings is 1. The summed E-state index contributed by atoms with van der Waals surface area (Å²) in [5.74, 6) is -1.36. The molecule has 0 aromatic heterocycles. The number of alkyl halides is 3. The summed E-state index contributed by atoms with van der Waals surface area (Å²) in [7, 11) is 0. The van der Waals surface area contributed by atoms with Crippen LogP contribution >= 0.6 is 0 Å². The highest BCUT2D eigenvalue weighted by molar-refractivity contribution is 5.55. The lowest BCUT2D eigenvalue weighted by Crippen LogP contribution is -2.20. The molecule has 4 nitrogen and oxygen atoms in total. The lowest BCUT2D eigenvalue weighted by molar-refractivity contribution is -0.484. The zero-order valence-corrected chi connectivity index (χ0v) is 10.1. The summed E-state index contributed by atoms with van der Waals surface area (Å²) in [6, 6.07) is 4.08. The standard InChI is InChI=1S/C12H12F3NO3/c1-8(7-17)11(6-16(18)19)9-2-4-10(5-3-9)12(13,14)15/h2-5,7-8,11H,6H2,1H3/t8-,11-/m0/s1. The molecule has 0 spiro atoms. The molecule has 0 saturated carbocycles. The maximum Gasteiger partial charge on any atom is 0.416 e. The number of carbonyl (C=O) groups is 1. The van der Waals surface area contributed by atoms with Crippen LogP contribution in [0.1, 0.15) is 24.0 Å². The number of carbonyl (C=O) groups excluding carboxylic acids is 1. The average Bonchev–Trinajstić information content (AvgIpc) is 2.34. The van der Waals surface area contributed by atoms with Crippen molar-refractivity contribution in [3.05, 3.63) is 45.5 Å². The van der Waals surface area contributed by atoms with Crippen LogP contribution in [0.5, 0.6) is 0 Å². The van der Waals surface area contributed by atoms with Crippen LogP contribution in [0.3, 0.4) is 0 Å². The van der Waals surface area contributed by atoms with E-state index in [4.69, 9.17) is 0 Å². The molecule has 0 heterocycles. The summed E-state index contributed by atoms with van der Waals surface area (Å²) in [6.07, 6.45) is -3.89. The van der Waals surface area contributed by atoms with Gasteiger partial charge in [-0.3, -0.25) is 10.1 Å². The summed E-state index contributed by atoms with van der Waals surface area (Å²) < 4.78 is 37.2. The largest absolute Gasteiger partial charge is 0.416 e. The van der Waals surface area contributed by atoms with E-state index in [2.05, 4.69) is 0 Å². The molecule has 104 valence electrons. The maximum absolute atomic E-state index is 12.4. The highest BCUT2D eigenvalue weighted by atomic mass is 19.4. The first-order valence-electron chi connectivity index (χ1n) is 5.50. The third-order valence-electron chi connectivity index (χ3n) is 2.86. The van der Waals surface area contributed by atoms with Gasteiger partial charge in [0.2, 0.25) is 6.54 Å². The van der Waals surface area contributed by atoms with Gasteiger partial charge in [-0.1, -0.05) is 19.1 Å². The summed E-state index contributed by atoms with van der Waals surface area (Å²) >= 11 is 0. The summed E-state index contributed by atoms with van der Waals surface area (Å²) in [4.78, 5) is 20.7. The van der Waals surface area contributed by atoms with Gasteiger partial charge in [0.25, 0.3) is 0 Å². The van der Waals surface area contributed by atoms with Gasteiger partial charge in [-0.15, -0.1) is 0 Å². The van der Waals surface area contributed by atoms with E-state index < -0.39 is 35.0 Å². The van der Waals surface area contributed by atoms with E-state index in [1.54, 1.807) is 0 Å². The third kappa shape index (κ3) is 4.04. The van der Waals surface area contributed by atoms with Crippen LogP contribution in [0.25, 0.3) is 0 Å². The second kappa shape index (κ2) is 5.81. The Morgan fingerprint density at radius 3 is 2.21 bits per heavy atom. The van der Waals surface area contributed by atoms with Crippen LogP contribution in [0, 0.1) is 16.0 Å². The van der Waals surface area contributed by atoms with E-state index in [0.717, 1.165) is 12.1 Å². The van der Waals surface area contributed by atoms with Gasteiger partial charge in [0.1, 0.15) is 6.29 Å². The Morgan fingerprint density at radius 2 is 1.84 bits per heavy atom. The summed E-state index contributed by atoms with van der Waals surface area (Å²) in [6.45, 7) is 1.00. The summed E-state index contributed by atoms with van der Waals surface area (Å²) in [5, 5.41) is 10.5. The molecular weight excluding hydrogens is 263 g/mol. The molecule has 1 rings (SSSR count). The Balaban J connectivity index is 3.03. The van der Waals surface area contributed by atoms with Crippen molar-refractivity contribution in [2.75, 3.05) is 6.54 Å².